The van der Waals surface area contributed by atoms with E-state index in [1.54, 1.807) is 25.1 Å². The first-order valence-corrected chi connectivity index (χ1v) is 9.95. The minimum Gasteiger partial charge on any atom is -0.493 e. The van der Waals surface area contributed by atoms with Crippen molar-refractivity contribution in [2.45, 2.75) is 32.3 Å². The lowest BCUT2D eigenvalue weighted by molar-refractivity contribution is -0.131. The fourth-order valence-electron chi connectivity index (χ4n) is 4.66. The van der Waals surface area contributed by atoms with Crippen LogP contribution in [0.1, 0.15) is 35.3 Å². The number of ketones is 2. The molecule has 2 aromatic rings. The second-order valence-corrected chi connectivity index (χ2v) is 7.96. The van der Waals surface area contributed by atoms with Crippen LogP contribution in [0.25, 0.3) is 5.69 Å². The van der Waals surface area contributed by atoms with E-state index in [-0.39, 0.29) is 23.2 Å². The van der Waals surface area contributed by atoms with Gasteiger partial charge in [-0.05, 0) is 50.3 Å². The van der Waals surface area contributed by atoms with Crippen LogP contribution in [-0.4, -0.2) is 46.8 Å². The second kappa shape index (κ2) is 7.68. The number of fused-ring (bicyclic) bond motifs is 2. The number of aromatic nitrogens is 2. The van der Waals surface area contributed by atoms with Crippen LogP contribution < -0.4 is 15.0 Å². The van der Waals surface area contributed by atoms with Gasteiger partial charge in [0, 0.05) is 12.0 Å². The van der Waals surface area contributed by atoms with Crippen LogP contribution in [0.15, 0.2) is 29.1 Å². The Morgan fingerprint density at radius 3 is 2.57 bits per heavy atom. The molecule has 2 aliphatic carbocycles. The zero-order chi connectivity index (χ0) is 21.6. The third kappa shape index (κ3) is 3.21. The maximum atomic E-state index is 13.3. The number of hydrogen-bond donors (Lipinski definition) is 1. The molecular formula is C22H24N2O6. The molecule has 4 atom stereocenters. The number of Topliss-reactive ketones (excluding diaryl/α,β-unsaturated/α-hetero) is 2. The van der Waals surface area contributed by atoms with Crippen LogP contribution in [-0.2, 0) is 4.79 Å². The molecule has 30 heavy (non-hydrogen) atoms. The number of methoxy groups -OCH3 is 2. The molecule has 0 spiro atoms. The Kier molecular flexibility index (Phi) is 5.19. The lowest BCUT2D eigenvalue weighted by Crippen LogP contribution is -2.46. The first kappa shape index (κ1) is 20.3. The largest absolute Gasteiger partial charge is 0.493 e. The topological polar surface area (TPSA) is 108 Å². The predicted octanol–water partition coefficient (Wildman–Crippen LogP) is 1.72. The number of rotatable bonds is 5. The van der Waals surface area contributed by atoms with Crippen molar-refractivity contribution in [3.63, 3.8) is 0 Å². The molecule has 2 saturated carbocycles. The third-order valence-corrected chi connectivity index (χ3v) is 6.20. The average Bonchev–Trinajstić information content (AvgIpc) is 3.20. The zero-order valence-corrected chi connectivity index (χ0v) is 17.1. The highest BCUT2D eigenvalue weighted by atomic mass is 16.5. The Morgan fingerprint density at radius 1 is 1.13 bits per heavy atom. The summed E-state index contributed by atoms with van der Waals surface area (Å²) in [4.78, 5) is 39.2. The Balaban J connectivity index is 1.78. The van der Waals surface area contributed by atoms with Crippen LogP contribution in [0.5, 0.6) is 11.5 Å². The van der Waals surface area contributed by atoms with Crippen molar-refractivity contribution < 1.29 is 24.2 Å². The minimum absolute atomic E-state index is 0.0716. The van der Waals surface area contributed by atoms with Gasteiger partial charge in [-0.3, -0.25) is 14.4 Å². The normalized spacial score (nSPS) is 25.3. The van der Waals surface area contributed by atoms with E-state index in [2.05, 4.69) is 5.10 Å². The molecule has 0 amide bonds. The van der Waals surface area contributed by atoms with E-state index < -0.39 is 23.4 Å². The van der Waals surface area contributed by atoms with Crippen LogP contribution in [0.2, 0.25) is 0 Å². The quantitative estimate of drug-likeness (QED) is 0.588. The number of ether oxygens (including phenoxy) is 2. The molecule has 8 nitrogen and oxygen atoms in total. The molecule has 1 heterocycles. The summed E-state index contributed by atoms with van der Waals surface area (Å²) < 4.78 is 11.6. The number of aryl methyl sites for hydroxylation is 1. The molecule has 1 aromatic heterocycles. The van der Waals surface area contributed by atoms with Gasteiger partial charge < -0.3 is 14.6 Å². The summed E-state index contributed by atoms with van der Waals surface area (Å²) in [7, 11) is 2.98. The monoisotopic (exact) mass is 412 g/mol. The minimum atomic E-state index is -1.19. The van der Waals surface area contributed by atoms with Gasteiger partial charge in [-0.25, -0.2) is 0 Å². The second-order valence-electron chi connectivity index (χ2n) is 7.96. The number of nitrogens with zero attached hydrogens (tertiary/aromatic N) is 2. The summed E-state index contributed by atoms with van der Waals surface area (Å²) >= 11 is 0. The van der Waals surface area contributed by atoms with Gasteiger partial charge >= 0.3 is 0 Å². The van der Waals surface area contributed by atoms with Crippen molar-refractivity contribution in [1.29, 1.82) is 0 Å². The highest BCUT2D eigenvalue weighted by Gasteiger charge is 2.50. The summed E-state index contributed by atoms with van der Waals surface area (Å²) in [5, 5.41) is 14.9. The molecule has 4 unspecified atom stereocenters. The van der Waals surface area contributed by atoms with Crippen molar-refractivity contribution in [3.05, 3.63) is 45.9 Å². The number of carbonyl (C=O) groups is 2. The number of aliphatic hydroxyl groups is 1. The van der Waals surface area contributed by atoms with Gasteiger partial charge in [-0.15, -0.1) is 0 Å². The van der Waals surface area contributed by atoms with Gasteiger partial charge in [0.1, 0.15) is 11.7 Å². The fourth-order valence-corrected chi connectivity index (χ4v) is 4.66. The predicted molar refractivity (Wildman–Crippen MR) is 107 cm³/mol. The molecule has 8 heteroatoms. The number of benzene rings is 1. The molecule has 2 bridgehead atoms. The van der Waals surface area contributed by atoms with Crippen LogP contribution >= 0.6 is 0 Å². The molecule has 0 saturated heterocycles. The molecule has 0 aliphatic heterocycles. The van der Waals surface area contributed by atoms with E-state index in [4.69, 9.17) is 9.47 Å². The maximum absolute atomic E-state index is 13.3. The number of carbonyl (C=O) groups excluding carboxylic acids is 2. The van der Waals surface area contributed by atoms with E-state index in [0.29, 0.717) is 35.7 Å². The molecule has 4 rings (SSSR count). The highest BCUT2D eigenvalue weighted by molar-refractivity contribution is 6.12. The Bertz CT molecular complexity index is 1080. The summed E-state index contributed by atoms with van der Waals surface area (Å²) in [6, 6.07) is 6.24. The van der Waals surface area contributed by atoms with Crippen molar-refractivity contribution >= 4 is 11.6 Å². The average molecular weight is 412 g/mol. The Labute approximate surface area is 173 Å². The zero-order valence-electron chi connectivity index (χ0n) is 17.1. The summed E-state index contributed by atoms with van der Waals surface area (Å²) in [6.07, 6.45) is 0.989. The Hall–Kier alpha value is -3.00. The Morgan fingerprint density at radius 2 is 1.87 bits per heavy atom. The first-order valence-electron chi connectivity index (χ1n) is 9.95. The summed E-state index contributed by atoms with van der Waals surface area (Å²) in [5.41, 5.74) is 0.0474. The van der Waals surface area contributed by atoms with Gasteiger partial charge in [-0.2, -0.15) is 9.78 Å². The maximum Gasteiger partial charge on any atom is 0.282 e. The fraction of sp³-hybridized carbons (Fsp3) is 0.455. The standard InChI is InChI=1S/C22H24N2O6/c1-11-8-15(21(27)18-19(25)12-4-5-13(9-12)20(18)26)22(28)24(23-11)14-6-7-16(29-2)17(10-14)30-3/h6-8,10,12-13,18-19,25H,4-5,9H2,1-3H3. The number of aliphatic hydroxyl groups excluding tert-OH is 1. The highest BCUT2D eigenvalue weighted by Crippen LogP contribution is 2.43. The van der Waals surface area contributed by atoms with Crippen LogP contribution in [0.4, 0.5) is 0 Å². The molecule has 1 N–H and O–H groups in total. The molecule has 158 valence electrons. The van der Waals surface area contributed by atoms with E-state index >= 15 is 0 Å². The smallest absolute Gasteiger partial charge is 0.282 e. The van der Waals surface area contributed by atoms with Crippen molar-refractivity contribution in [1.82, 2.24) is 9.78 Å². The van der Waals surface area contributed by atoms with E-state index in [1.165, 1.54) is 20.3 Å². The van der Waals surface area contributed by atoms with Gasteiger partial charge in [0.05, 0.1) is 37.3 Å². The van der Waals surface area contributed by atoms with Crippen LogP contribution in [0, 0.1) is 24.7 Å². The van der Waals surface area contributed by atoms with Gasteiger partial charge in [0.2, 0.25) is 0 Å². The van der Waals surface area contributed by atoms with Crippen molar-refractivity contribution in [2.75, 3.05) is 14.2 Å². The summed E-state index contributed by atoms with van der Waals surface area (Å²) in [6.45, 7) is 1.66. The SMILES string of the molecule is COc1ccc(-n2nc(C)cc(C(=O)C3C(=O)C4CCC(C4)C3O)c2=O)cc1OC. The van der Waals surface area contributed by atoms with E-state index in [9.17, 15) is 19.5 Å². The summed E-state index contributed by atoms with van der Waals surface area (Å²) in [5.74, 6) is -1.45. The van der Waals surface area contributed by atoms with Crippen LogP contribution in [0.3, 0.4) is 0 Å². The lowest BCUT2D eigenvalue weighted by atomic mass is 9.74. The van der Waals surface area contributed by atoms with Gasteiger partial charge in [0.15, 0.2) is 17.3 Å². The molecule has 1 aromatic carbocycles. The number of hydrogen-bond acceptors (Lipinski definition) is 7. The van der Waals surface area contributed by atoms with Gasteiger partial charge in [0.25, 0.3) is 5.56 Å². The molecule has 0 radical (unpaired) electrons. The van der Waals surface area contributed by atoms with Gasteiger partial charge in [-0.1, -0.05) is 0 Å². The molecule has 2 aliphatic rings. The molecule has 2 fully saturated rings. The van der Waals surface area contributed by atoms with E-state index in [1.807, 2.05) is 0 Å². The van der Waals surface area contributed by atoms with E-state index in [0.717, 1.165) is 11.1 Å². The first-order chi connectivity index (χ1) is 14.3. The van der Waals surface area contributed by atoms with Crippen molar-refractivity contribution in [3.8, 4) is 17.2 Å². The lowest BCUT2D eigenvalue weighted by Gasteiger charge is -2.30. The third-order valence-electron chi connectivity index (χ3n) is 6.20. The molecular weight excluding hydrogens is 388 g/mol. The van der Waals surface area contributed by atoms with Crippen molar-refractivity contribution in [2.24, 2.45) is 17.8 Å².